The van der Waals surface area contributed by atoms with Gasteiger partial charge in [-0.15, -0.1) is 0 Å². The smallest absolute Gasteiger partial charge is 0.226 e. The van der Waals surface area contributed by atoms with E-state index >= 15 is 0 Å². The van der Waals surface area contributed by atoms with Gasteiger partial charge in [-0.2, -0.15) is 0 Å². The van der Waals surface area contributed by atoms with Crippen molar-refractivity contribution in [2.45, 2.75) is 12.8 Å². The number of anilines is 1. The van der Waals surface area contributed by atoms with E-state index in [1.807, 2.05) is 0 Å². The molecule has 1 amide bonds. The van der Waals surface area contributed by atoms with Crippen molar-refractivity contribution in [3.05, 3.63) is 58.9 Å². The summed E-state index contributed by atoms with van der Waals surface area (Å²) in [5, 5.41) is 3.75. The standard InChI is InChI=1S/C17H12ClFN2O2S/c18-11-3-6-13-15(9-11)24-17(20-13)21-16(23)8-7-14(22)10-1-4-12(19)5-2-10/h1-6,9H,7-8H2,(H,20,21,23). The number of carbonyl (C=O) groups is 2. The zero-order valence-corrected chi connectivity index (χ0v) is 14.0. The molecule has 3 rings (SSSR count). The van der Waals surface area contributed by atoms with Gasteiger partial charge in [-0.25, -0.2) is 9.37 Å². The highest BCUT2D eigenvalue weighted by atomic mass is 35.5. The Morgan fingerprint density at radius 2 is 1.88 bits per heavy atom. The van der Waals surface area contributed by atoms with Crippen molar-refractivity contribution in [2.75, 3.05) is 5.32 Å². The average Bonchev–Trinajstić information content (AvgIpc) is 2.94. The maximum absolute atomic E-state index is 12.8. The van der Waals surface area contributed by atoms with Crippen molar-refractivity contribution >= 4 is 50.0 Å². The minimum Gasteiger partial charge on any atom is -0.302 e. The molecule has 1 N–H and O–H groups in total. The summed E-state index contributed by atoms with van der Waals surface area (Å²) in [6.07, 6.45) is 0.0844. The summed E-state index contributed by atoms with van der Waals surface area (Å²) in [6.45, 7) is 0. The van der Waals surface area contributed by atoms with E-state index in [-0.39, 0.29) is 24.5 Å². The zero-order chi connectivity index (χ0) is 17.1. The van der Waals surface area contributed by atoms with Gasteiger partial charge in [0.05, 0.1) is 10.2 Å². The predicted molar refractivity (Wildman–Crippen MR) is 93.2 cm³/mol. The van der Waals surface area contributed by atoms with E-state index in [1.165, 1.54) is 35.6 Å². The Hall–Kier alpha value is -2.31. The summed E-state index contributed by atoms with van der Waals surface area (Å²) in [7, 11) is 0. The molecule has 0 saturated carbocycles. The van der Waals surface area contributed by atoms with E-state index in [4.69, 9.17) is 11.6 Å². The molecular weight excluding hydrogens is 351 g/mol. The van der Waals surface area contributed by atoms with Gasteiger partial charge in [0, 0.05) is 23.4 Å². The van der Waals surface area contributed by atoms with Crippen molar-refractivity contribution < 1.29 is 14.0 Å². The summed E-state index contributed by atoms with van der Waals surface area (Å²) >= 11 is 7.23. The molecule has 0 aliphatic carbocycles. The average molecular weight is 363 g/mol. The van der Waals surface area contributed by atoms with Gasteiger partial charge < -0.3 is 5.32 Å². The fourth-order valence-electron chi connectivity index (χ4n) is 2.14. The number of amides is 1. The number of halogens is 2. The van der Waals surface area contributed by atoms with E-state index in [1.54, 1.807) is 18.2 Å². The zero-order valence-electron chi connectivity index (χ0n) is 12.4. The van der Waals surface area contributed by atoms with Crippen molar-refractivity contribution in [1.29, 1.82) is 0 Å². The lowest BCUT2D eigenvalue weighted by atomic mass is 10.1. The first-order valence-electron chi connectivity index (χ1n) is 7.16. The molecule has 24 heavy (non-hydrogen) atoms. The lowest BCUT2D eigenvalue weighted by molar-refractivity contribution is -0.116. The molecule has 7 heteroatoms. The monoisotopic (exact) mass is 362 g/mol. The van der Waals surface area contributed by atoms with Crippen LogP contribution >= 0.6 is 22.9 Å². The van der Waals surface area contributed by atoms with Gasteiger partial charge in [0.15, 0.2) is 10.9 Å². The highest BCUT2D eigenvalue weighted by molar-refractivity contribution is 7.22. The normalized spacial score (nSPS) is 10.8. The Balaban J connectivity index is 1.58. The highest BCUT2D eigenvalue weighted by Crippen LogP contribution is 2.28. The van der Waals surface area contributed by atoms with Crippen LogP contribution in [0.1, 0.15) is 23.2 Å². The SMILES string of the molecule is O=C(CCC(=O)c1ccc(F)cc1)Nc1nc2ccc(Cl)cc2s1. The van der Waals surface area contributed by atoms with Crippen LogP contribution in [0.25, 0.3) is 10.2 Å². The summed E-state index contributed by atoms with van der Waals surface area (Å²) < 4.78 is 13.7. The Morgan fingerprint density at radius 3 is 2.62 bits per heavy atom. The highest BCUT2D eigenvalue weighted by Gasteiger charge is 2.12. The number of carbonyl (C=O) groups excluding carboxylic acids is 2. The minimum atomic E-state index is -0.403. The van der Waals surface area contributed by atoms with E-state index < -0.39 is 5.82 Å². The van der Waals surface area contributed by atoms with Crippen LogP contribution in [0, 0.1) is 5.82 Å². The summed E-state index contributed by atoms with van der Waals surface area (Å²) in [5.74, 6) is -0.905. The molecule has 0 unspecified atom stereocenters. The Bertz CT molecular complexity index is 909. The second-order valence-corrected chi connectivity index (χ2v) is 6.58. The van der Waals surface area contributed by atoms with Gasteiger partial charge in [-0.1, -0.05) is 22.9 Å². The molecule has 0 radical (unpaired) electrons. The second-order valence-electron chi connectivity index (χ2n) is 5.11. The fraction of sp³-hybridized carbons (Fsp3) is 0.118. The molecule has 122 valence electrons. The van der Waals surface area contributed by atoms with Gasteiger partial charge in [-0.3, -0.25) is 9.59 Å². The first-order chi connectivity index (χ1) is 11.5. The van der Waals surface area contributed by atoms with E-state index in [0.29, 0.717) is 15.7 Å². The second kappa shape index (κ2) is 7.07. The Labute approximate surface area is 146 Å². The summed E-state index contributed by atoms with van der Waals surface area (Å²) in [6, 6.07) is 10.6. The number of ketones is 1. The van der Waals surface area contributed by atoms with Gasteiger partial charge in [0.25, 0.3) is 0 Å². The van der Waals surface area contributed by atoms with Crippen LogP contribution in [0.15, 0.2) is 42.5 Å². The topological polar surface area (TPSA) is 59.1 Å². The van der Waals surface area contributed by atoms with Crippen LogP contribution in [0.3, 0.4) is 0 Å². The maximum Gasteiger partial charge on any atom is 0.226 e. The quantitative estimate of drug-likeness (QED) is 0.670. The molecule has 0 saturated heterocycles. The third-order valence-corrected chi connectivity index (χ3v) is 4.51. The van der Waals surface area contributed by atoms with Gasteiger partial charge in [0.2, 0.25) is 5.91 Å². The maximum atomic E-state index is 12.8. The number of nitrogens with one attached hydrogen (secondary N) is 1. The van der Waals surface area contributed by atoms with Crippen molar-refractivity contribution in [3.63, 3.8) is 0 Å². The molecule has 2 aromatic carbocycles. The number of hydrogen-bond acceptors (Lipinski definition) is 4. The Kier molecular flexibility index (Phi) is 4.87. The third kappa shape index (κ3) is 3.96. The molecule has 0 bridgehead atoms. The van der Waals surface area contributed by atoms with Crippen molar-refractivity contribution in [3.8, 4) is 0 Å². The first kappa shape index (κ1) is 16.5. The number of hydrogen-bond donors (Lipinski definition) is 1. The largest absolute Gasteiger partial charge is 0.302 e. The lowest BCUT2D eigenvalue weighted by Gasteiger charge is -2.02. The van der Waals surface area contributed by atoms with Crippen LogP contribution in [0.2, 0.25) is 5.02 Å². The number of rotatable bonds is 5. The number of Topliss-reactive ketones (excluding diaryl/α,β-unsaturated/α-hetero) is 1. The van der Waals surface area contributed by atoms with Crippen molar-refractivity contribution in [1.82, 2.24) is 4.98 Å². The molecule has 4 nitrogen and oxygen atoms in total. The molecule has 0 aliphatic heterocycles. The third-order valence-electron chi connectivity index (χ3n) is 3.34. The molecule has 1 heterocycles. The number of nitrogens with zero attached hydrogens (tertiary/aromatic N) is 1. The number of fused-ring (bicyclic) bond motifs is 1. The van der Waals surface area contributed by atoms with Gasteiger partial charge in [-0.05, 0) is 42.5 Å². The molecule has 0 spiro atoms. The number of aromatic nitrogens is 1. The van der Waals surface area contributed by atoms with Crippen LogP contribution in [0.5, 0.6) is 0 Å². The van der Waals surface area contributed by atoms with E-state index in [0.717, 1.165) is 10.2 Å². The summed E-state index contributed by atoms with van der Waals surface area (Å²) in [5.41, 5.74) is 1.14. The van der Waals surface area contributed by atoms with Crippen molar-refractivity contribution in [2.24, 2.45) is 0 Å². The molecule has 0 atom stereocenters. The van der Waals surface area contributed by atoms with Crippen LogP contribution in [-0.2, 0) is 4.79 Å². The number of benzene rings is 2. The molecule has 0 aliphatic rings. The van der Waals surface area contributed by atoms with Crippen LogP contribution in [0.4, 0.5) is 9.52 Å². The number of thiazole rings is 1. The predicted octanol–water partition coefficient (Wildman–Crippen LogP) is 4.69. The van der Waals surface area contributed by atoms with E-state index in [9.17, 15) is 14.0 Å². The molecule has 1 aromatic heterocycles. The van der Waals surface area contributed by atoms with Crippen LogP contribution in [-0.4, -0.2) is 16.7 Å². The minimum absolute atomic E-state index is 0.0346. The molecule has 3 aromatic rings. The first-order valence-corrected chi connectivity index (χ1v) is 8.35. The molecular formula is C17H12ClFN2O2S. The molecule has 0 fully saturated rings. The van der Waals surface area contributed by atoms with Crippen LogP contribution < -0.4 is 5.32 Å². The van der Waals surface area contributed by atoms with Gasteiger partial charge in [0.1, 0.15) is 5.82 Å². The van der Waals surface area contributed by atoms with Gasteiger partial charge >= 0.3 is 0 Å². The Morgan fingerprint density at radius 1 is 1.12 bits per heavy atom. The lowest BCUT2D eigenvalue weighted by Crippen LogP contribution is -2.13. The summed E-state index contributed by atoms with van der Waals surface area (Å²) in [4.78, 5) is 28.2. The fourth-order valence-corrected chi connectivity index (χ4v) is 3.30. The van der Waals surface area contributed by atoms with E-state index in [2.05, 4.69) is 10.3 Å².